The van der Waals surface area contributed by atoms with Crippen molar-refractivity contribution in [1.29, 1.82) is 0 Å². The van der Waals surface area contributed by atoms with Gasteiger partial charge in [0.05, 0.1) is 14.2 Å². The summed E-state index contributed by atoms with van der Waals surface area (Å²) in [5, 5.41) is 8.02. The number of aromatic nitrogens is 1. The number of rotatable bonds is 9. The number of benzene rings is 2. The van der Waals surface area contributed by atoms with Crippen LogP contribution in [0.2, 0.25) is 0 Å². The van der Waals surface area contributed by atoms with Crippen molar-refractivity contribution < 1.29 is 9.47 Å². The summed E-state index contributed by atoms with van der Waals surface area (Å²) in [6.07, 6.45) is 3.79. The Bertz CT molecular complexity index is 955. The van der Waals surface area contributed by atoms with Crippen LogP contribution in [0.25, 0.3) is 10.9 Å². The van der Waals surface area contributed by atoms with E-state index in [1.807, 2.05) is 24.3 Å². The summed E-state index contributed by atoms with van der Waals surface area (Å²) in [7, 11) is 3.36. The van der Waals surface area contributed by atoms with Gasteiger partial charge in [0.2, 0.25) is 0 Å². The highest BCUT2D eigenvalue weighted by molar-refractivity contribution is 14.0. The average molecular weight is 522 g/mol. The minimum atomic E-state index is 0. The van der Waals surface area contributed by atoms with E-state index in [2.05, 4.69) is 46.9 Å². The number of nitrogens with one attached hydrogen (secondary N) is 3. The van der Waals surface area contributed by atoms with Crippen molar-refractivity contribution in [2.24, 2.45) is 4.99 Å². The molecule has 3 N–H and O–H groups in total. The van der Waals surface area contributed by atoms with Crippen LogP contribution in [0.15, 0.2) is 53.7 Å². The maximum absolute atomic E-state index is 5.45. The Hall–Kier alpha value is -2.42. The van der Waals surface area contributed by atoms with Crippen molar-refractivity contribution in [3.8, 4) is 11.5 Å². The smallest absolute Gasteiger partial charge is 0.191 e. The summed E-state index contributed by atoms with van der Waals surface area (Å²) in [6, 6.07) is 14.2. The predicted molar refractivity (Wildman–Crippen MR) is 135 cm³/mol. The fourth-order valence-electron chi connectivity index (χ4n) is 3.36. The first-order chi connectivity index (χ1) is 14.2. The number of ether oxygens (including phenoxy) is 2. The van der Waals surface area contributed by atoms with Crippen LogP contribution in [0.5, 0.6) is 11.5 Å². The van der Waals surface area contributed by atoms with E-state index in [0.717, 1.165) is 49.0 Å². The highest BCUT2D eigenvalue weighted by atomic mass is 127. The molecule has 0 unspecified atom stereocenters. The zero-order valence-corrected chi connectivity index (χ0v) is 20.2. The van der Waals surface area contributed by atoms with E-state index in [1.54, 1.807) is 14.2 Å². The summed E-state index contributed by atoms with van der Waals surface area (Å²) in [5.41, 5.74) is 3.57. The molecule has 0 aliphatic rings. The highest BCUT2D eigenvalue weighted by Gasteiger charge is 2.06. The maximum atomic E-state index is 5.45. The minimum Gasteiger partial charge on any atom is -0.497 e. The molecule has 6 nitrogen and oxygen atoms in total. The molecule has 3 rings (SSSR count). The molecule has 30 heavy (non-hydrogen) atoms. The monoisotopic (exact) mass is 522 g/mol. The third kappa shape index (κ3) is 6.29. The fourth-order valence-corrected chi connectivity index (χ4v) is 3.36. The summed E-state index contributed by atoms with van der Waals surface area (Å²) >= 11 is 0. The fraction of sp³-hybridized carbons (Fsp3) is 0.348. The summed E-state index contributed by atoms with van der Waals surface area (Å²) < 4.78 is 10.8. The van der Waals surface area contributed by atoms with Crippen LogP contribution >= 0.6 is 24.0 Å². The number of methoxy groups -OCH3 is 2. The second kappa shape index (κ2) is 12.3. The van der Waals surface area contributed by atoms with Gasteiger partial charge in [-0.1, -0.05) is 18.2 Å². The summed E-state index contributed by atoms with van der Waals surface area (Å²) in [5.74, 6) is 2.51. The SMILES string of the molecule is CCNC(=NCCc1cc(OC)ccc1OC)NCCc1c[nH]c2ccccc12.I. The van der Waals surface area contributed by atoms with Gasteiger partial charge in [0.1, 0.15) is 11.5 Å². The zero-order valence-electron chi connectivity index (χ0n) is 17.8. The molecule has 2 aromatic carbocycles. The van der Waals surface area contributed by atoms with Crippen molar-refractivity contribution in [2.75, 3.05) is 33.9 Å². The Morgan fingerprint density at radius 1 is 1.00 bits per heavy atom. The largest absolute Gasteiger partial charge is 0.497 e. The standard InChI is InChI=1S/C23H30N4O2.HI/c1-4-24-23(25-13-11-17-15-19(28-2)9-10-22(17)29-3)26-14-12-18-16-27-21-8-6-5-7-20(18)21;/h5-10,15-16,27H,4,11-14H2,1-3H3,(H2,24,25,26);1H. The van der Waals surface area contributed by atoms with Crippen LogP contribution in [0.4, 0.5) is 0 Å². The molecule has 0 saturated heterocycles. The van der Waals surface area contributed by atoms with E-state index in [1.165, 1.54) is 16.5 Å². The predicted octanol–water partition coefficient (Wildman–Crippen LogP) is 4.14. The highest BCUT2D eigenvalue weighted by Crippen LogP contribution is 2.24. The van der Waals surface area contributed by atoms with Crippen molar-refractivity contribution in [1.82, 2.24) is 15.6 Å². The van der Waals surface area contributed by atoms with Gasteiger partial charge in [0.15, 0.2) is 5.96 Å². The molecule has 162 valence electrons. The van der Waals surface area contributed by atoms with Gasteiger partial charge in [-0.25, -0.2) is 0 Å². The normalized spacial score (nSPS) is 11.1. The quantitative estimate of drug-likeness (QED) is 0.225. The number of halogens is 1. The number of H-pyrrole nitrogens is 1. The van der Waals surface area contributed by atoms with Crippen LogP contribution in [-0.4, -0.2) is 44.8 Å². The molecular formula is C23H31IN4O2. The topological polar surface area (TPSA) is 70.7 Å². The molecule has 0 saturated carbocycles. The lowest BCUT2D eigenvalue weighted by Crippen LogP contribution is -2.38. The lowest BCUT2D eigenvalue weighted by Gasteiger charge is -2.12. The molecular weight excluding hydrogens is 491 g/mol. The maximum Gasteiger partial charge on any atom is 0.191 e. The molecule has 0 atom stereocenters. The number of hydrogen-bond donors (Lipinski definition) is 3. The Balaban J connectivity index is 0.00000320. The van der Waals surface area contributed by atoms with Crippen LogP contribution in [0, 0.1) is 0 Å². The lowest BCUT2D eigenvalue weighted by atomic mass is 10.1. The van der Waals surface area contributed by atoms with Gasteiger partial charge in [0, 0.05) is 36.7 Å². The van der Waals surface area contributed by atoms with Gasteiger partial charge in [0.25, 0.3) is 0 Å². The first-order valence-electron chi connectivity index (χ1n) is 10.0. The van der Waals surface area contributed by atoms with Gasteiger partial charge in [-0.3, -0.25) is 4.99 Å². The summed E-state index contributed by atoms with van der Waals surface area (Å²) in [6.45, 7) is 4.37. The van der Waals surface area contributed by atoms with Crippen LogP contribution in [-0.2, 0) is 12.8 Å². The molecule has 7 heteroatoms. The first-order valence-corrected chi connectivity index (χ1v) is 10.0. The van der Waals surface area contributed by atoms with Crippen LogP contribution in [0.3, 0.4) is 0 Å². The van der Waals surface area contributed by atoms with E-state index in [0.29, 0.717) is 6.54 Å². The Morgan fingerprint density at radius 3 is 2.60 bits per heavy atom. The number of nitrogens with zero attached hydrogens (tertiary/aromatic N) is 1. The Kier molecular flexibility index (Phi) is 9.79. The number of aromatic amines is 1. The lowest BCUT2D eigenvalue weighted by molar-refractivity contribution is 0.399. The number of aliphatic imine (C=N–C) groups is 1. The zero-order chi connectivity index (χ0) is 20.5. The van der Waals surface area contributed by atoms with Gasteiger partial charge >= 0.3 is 0 Å². The van der Waals surface area contributed by atoms with Gasteiger partial charge in [-0.05, 0) is 55.2 Å². The number of para-hydroxylation sites is 1. The van der Waals surface area contributed by atoms with E-state index in [9.17, 15) is 0 Å². The number of fused-ring (bicyclic) bond motifs is 1. The van der Waals surface area contributed by atoms with Gasteiger partial charge in [-0.15, -0.1) is 24.0 Å². The third-order valence-electron chi connectivity index (χ3n) is 4.84. The molecule has 3 aromatic rings. The molecule has 0 radical (unpaired) electrons. The number of hydrogen-bond acceptors (Lipinski definition) is 3. The van der Waals surface area contributed by atoms with Crippen molar-refractivity contribution in [2.45, 2.75) is 19.8 Å². The Morgan fingerprint density at radius 2 is 1.83 bits per heavy atom. The molecule has 0 aliphatic carbocycles. The van der Waals surface area contributed by atoms with Crippen molar-refractivity contribution >= 4 is 40.8 Å². The van der Waals surface area contributed by atoms with E-state index in [-0.39, 0.29) is 24.0 Å². The molecule has 0 spiro atoms. The van der Waals surface area contributed by atoms with Crippen molar-refractivity contribution in [3.05, 3.63) is 59.8 Å². The molecule has 0 aliphatic heterocycles. The summed E-state index contributed by atoms with van der Waals surface area (Å²) in [4.78, 5) is 8.04. The van der Waals surface area contributed by atoms with Gasteiger partial charge in [-0.2, -0.15) is 0 Å². The van der Waals surface area contributed by atoms with E-state index >= 15 is 0 Å². The van der Waals surface area contributed by atoms with Crippen LogP contribution < -0.4 is 20.1 Å². The average Bonchev–Trinajstić information content (AvgIpc) is 3.17. The Labute approximate surface area is 195 Å². The van der Waals surface area contributed by atoms with E-state index < -0.39 is 0 Å². The molecule has 0 amide bonds. The third-order valence-corrected chi connectivity index (χ3v) is 4.84. The van der Waals surface area contributed by atoms with Crippen molar-refractivity contribution in [3.63, 3.8) is 0 Å². The number of guanidine groups is 1. The second-order valence-electron chi connectivity index (χ2n) is 6.72. The molecule has 0 bridgehead atoms. The molecule has 1 aromatic heterocycles. The van der Waals surface area contributed by atoms with Gasteiger partial charge < -0.3 is 25.1 Å². The molecule has 0 fully saturated rings. The molecule has 1 heterocycles. The first kappa shape index (κ1) is 23.9. The van der Waals surface area contributed by atoms with Crippen LogP contribution in [0.1, 0.15) is 18.1 Å². The second-order valence-corrected chi connectivity index (χ2v) is 6.72. The van der Waals surface area contributed by atoms with E-state index in [4.69, 9.17) is 14.5 Å². The minimum absolute atomic E-state index is 0.